The van der Waals surface area contributed by atoms with Crippen molar-refractivity contribution in [1.29, 1.82) is 0 Å². The topological polar surface area (TPSA) is 12.0 Å². The molecule has 0 bridgehead atoms. The number of hydrogen-bond donors (Lipinski definition) is 1. The van der Waals surface area contributed by atoms with E-state index in [1.807, 2.05) is 6.92 Å². The Morgan fingerprint density at radius 3 is 2.83 bits per heavy atom. The van der Waals surface area contributed by atoms with Gasteiger partial charge in [0.1, 0.15) is 0 Å². The smallest absolute Gasteiger partial charge is 0.0517 e. The third-order valence-electron chi connectivity index (χ3n) is 3.65. The van der Waals surface area contributed by atoms with Crippen molar-refractivity contribution >= 4 is 17.3 Å². The van der Waals surface area contributed by atoms with Crippen LogP contribution in [0.4, 0.5) is 5.69 Å². The van der Waals surface area contributed by atoms with Gasteiger partial charge in [0.25, 0.3) is 0 Å². The second-order valence-corrected chi connectivity index (χ2v) is 5.31. The van der Waals surface area contributed by atoms with Crippen molar-refractivity contribution < 1.29 is 0 Å². The molecule has 0 aliphatic carbocycles. The van der Waals surface area contributed by atoms with E-state index in [9.17, 15) is 0 Å². The fourth-order valence-corrected chi connectivity index (χ4v) is 2.70. The lowest BCUT2D eigenvalue weighted by atomic mass is 9.93. The van der Waals surface area contributed by atoms with Crippen molar-refractivity contribution in [3.63, 3.8) is 0 Å². The predicted molar refractivity (Wildman–Crippen MR) is 77.3 cm³/mol. The fraction of sp³-hybridized carbons (Fsp3) is 0.250. The van der Waals surface area contributed by atoms with Crippen LogP contribution in [0.15, 0.2) is 42.5 Å². The number of rotatable bonds is 1. The van der Waals surface area contributed by atoms with Gasteiger partial charge in [0, 0.05) is 10.7 Å². The van der Waals surface area contributed by atoms with Crippen LogP contribution in [0.25, 0.3) is 0 Å². The van der Waals surface area contributed by atoms with Crippen LogP contribution in [0, 0.1) is 6.92 Å². The zero-order chi connectivity index (χ0) is 12.5. The Kier molecular flexibility index (Phi) is 3.00. The van der Waals surface area contributed by atoms with Crippen molar-refractivity contribution in [2.24, 2.45) is 0 Å². The normalized spacial score (nSPS) is 18.0. The van der Waals surface area contributed by atoms with Gasteiger partial charge in [0.05, 0.1) is 6.04 Å². The van der Waals surface area contributed by atoms with Gasteiger partial charge in [-0.1, -0.05) is 41.9 Å². The Balaban J connectivity index is 1.89. The number of nitrogens with one attached hydrogen (secondary N) is 1. The second kappa shape index (κ2) is 4.66. The number of hydrogen-bond acceptors (Lipinski definition) is 1. The highest BCUT2D eigenvalue weighted by atomic mass is 35.5. The van der Waals surface area contributed by atoms with Gasteiger partial charge in [-0.3, -0.25) is 0 Å². The van der Waals surface area contributed by atoms with E-state index in [0.29, 0.717) is 6.04 Å². The number of fused-ring (bicyclic) bond motifs is 1. The van der Waals surface area contributed by atoms with E-state index in [2.05, 4.69) is 47.8 Å². The van der Waals surface area contributed by atoms with Crippen molar-refractivity contribution in [2.45, 2.75) is 25.8 Å². The van der Waals surface area contributed by atoms with Gasteiger partial charge in [-0.25, -0.2) is 0 Å². The Bertz CT molecular complexity index is 577. The van der Waals surface area contributed by atoms with E-state index >= 15 is 0 Å². The first-order valence-electron chi connectivity index (χ1n) is 6.34. The van der Waals surface area contributed by atoms with Crippen molar-refractivity contribution in [3.05, 3.63) is 64.2 Å². The quantitative estimate of drug-likeness (QED) is 0.778. The monoisotopic (exact) mass is 257 g/mol. The summed E-state index contributed by atoms with van der Waals surface area (Å²) in [4.78, 5) is 0. The van der Waals surface area contributed by atoms with Gasteiger partial charge in [-0.15, -0.1) is 0 Å². The Labute approximate surface area is 113 Å². The molecule has 2 aromatic rings. The largest absolute Gasteiger partial charge is 0.378 e. The Hall–Kier alpha value is -1.47. The molecule has 18 heavy (non-hydrogen) atoms. The molecule has 3 rings (SSSR count). The van der Waals surface area contributed by atoms with E-state index in [1.54, 1.807) is 0 Å². The SMILES string of the molecule is Cc1ccc(C2CCc3ccccc3N2)cc1Cl. The van der Waals surface area contributed by atoms with Gasteiger partial charge in [-0.05, 0) is 48.6 Å². The van der Waals surface area contributed by atoms with Crippen molar-refractivity contribution in [3.8, 4) is 0 Å². The van der Waals surface area contributed by atoms with Crippen LogP contribution >= 0.6 is 11.6 Å². The second-order valence-electron chi connectivity index (χ2n) is 4.90. The first kappa shape index (κ1) is 11.6. The molecule has 1 unspecified atom stereocenters. The van der Waals surface area contributed by atoms with Gasteiger partial charge in [0.2, 0.25) is 0 Å². The minimum Gasteiger partial charge on any atom is -0.378 e. The number of para-hydroxylation sites is 1. The standard InChI is InChI=1S/C16H16ClN/c1-11-6-7-13(10-14(11)17)16-9-8-12-4-2-3-5-15(12)18-16/h2-7,10,16,18H,8-9H2,1H3. The lowest BCUT2D eigenvalue weighted by molar-refractivity contribution is 0.668. The first-order chi connectivity index (χ1) is 8.74. The molecule has 0 spiro atoms. The van der Waals surface area contributed by atoms with E-state index in [0.717, 1.165) is 23.4 Å². The molecule has 0 aromatic heterocycles. The summed E-state index contributed by atoms with van der Waals surface area (Å²) >= 11 is 6.21. The number of aryl methyl sites for hydroxylation is 2. The van der Waals surface area contributed by atoms with E-state index in [1.165, 1.54) is 16.8 Å². The summed E-state index contributed by atoms with van der Waals surface area (Å²) in [7, 11) is 0. The molecule has 1 heterocycles. The van der Waals surface area contributed by atoms with Gasteiger partial charge < -0.3 is 5.32 Å². The maximum atomic E-state index is 6.21. The van der Waals surface area contributed by atoms with Crippen LogP contribution in [0.3, 0.4) is 0 Å². The molecule has 0 saturated heterocycles. The van der Waals surface area contributed by atoms with Crippen molar-refractivity contribution in [2.75, 3.05) is 5.32 Å². The molecule has 2 aromatic carbocycles. The summed E-state index contributed by atoms with van der Waals surface area (Å²) in [5.41, 5.74) is 5.08. The lowest BCUT2D eigenvalue weighted by Gasteiger charge is -2.27. The van der Waals surface area contributed by atoms with Gasteiger partial charge in [0.15, 0.2) is 0 Å². The highest BCUT2D eigenvalue weighted by molar-refractivity contribution is 6.31. The molecule has 0 radical (unpaired) electrons. The average Bonchev–Trinajstić information content (AvgIpc) is 2.41. The molecule has 92 valence electrons. The zero-order valence-electron chi connectivity index (χ0n) is 10.4. The summed E-state index contributed by atoms with van der Waals surface area (Å²) < 4.78 is 0. The minimum atomic E-state index is 0.373. The zero-order valence-corrected chi connectivity index (χ0v) is 11.2. The molecular weight excluding hydrogens is 242 g/mol. The number of benzene rings is 2. The molecule has 1 N–H and O–H groups in total. The highest BCUT2D eigenvalue weighted by Crippen LogP contribution is 2.33. The summed E-state index contributed by atoms with van der Waals surface area (Å²) in [6, 6.07) is 15.3. The average molecular weight is 258 g/mol. The molecule has 1 nitrogen and oxygen atoms in total. The van der Waals surface area contributed by atoms with Crippen LogP contribution in [0.2, 0.25) is 5.02 Å². The number of halogens is 1. The van der Waals surface area contributed by atoms with E-state index < -0.39 is 0 Å². The van der Waals surface area contributed by atoms with Crippen LogP contribution in [-0.2, 0) is 6.42 Å². The van der Waals surface area contributed by atoms with Crippen LogP contribution < -0.4 is 5.32 Å². The summed E-state index contributed by atoms with van der Waals surface area (Å²) in [5, 5.41) is 4.46. The lowest BCUT2D eigenvalue weighted by Crippen LogP contribution is -2.17. The van der Waals surface area contributed by atoms with E-state index in [-0.39, 0.29) is 0 Å². The molecule has 1 aliphatic rings. The maximum Gasteiger partial charge on any atom is 0.0517 e. The summed E-state index contributed by atoms with van der Waals surface area (Å²) in [5.74, 6) is 0. The third kappa shape index (κ3) is 2.11. The van der Waals surface area contributed by atoms with Crippen LogP contribution in [0.1, 0.15) is 29.2 Å². The first-order valence-corrected chi connectivity index (χ1v) is 6.72. The van der Waals surface area contributed by atoms with Crippen molar-refractivity contribution in [1.82, 2.24) is 0 Å². The van der Waals surface area contributed by atoms with Crippen LogP contribution in [-0.4, -0.2) is 0 Å². The highest BCUT2D eigenvalue weighted by Gasteiger charge is 2.18. The van der Waals surface area contributed by atoms with E-state index in [4.69, 9.17) is 11.6 Å². The Morgan fingerprint density at radius 2 is 2.00 bits per heavy atom. The maximum absolute atomic E-state index is 6.21. The molecular formula is C16H16ClN. The molecule has 1 atom stereocenters. The Morgan fingerprint density at radius 1 is 1.17 bits per heavy atom. The minimum absolute atomic E-state index is 0.373. The molecule has 0 fully saturated rings. The third-order valence-corrected chi connectivity index (χ3v) is 4.05. The summed E-state index contributed by atoms with van der Waals surface area (Å²) in [6.07, 6.45) is 2.25. The molecule has 1 aliphatic heterocycles. The predicted octanol–water partition coefficient (Wildman–Crippen LogP) is 4.75. The molecule has 2 heteroatoms. The van der Waals surface area contributed by atoms with Gasteiger partial charge in [-0.2, -0.15) is 0 Å². The molecule has 0 amide bonds. The van der Waals surface area contributed by atoms with Gasteiger partial charge >= 0.3 is 0 Å². The fourth-order valence-electron chi connectivity index (χ4n) is 2.51. The van der Waals surface area contributed by atoms with Crippen LogP contribution in [0.5, 0.6) is 0 Å². The number of anilines is 1. The molecule has 0 saturated carbocycles. The summed E-state index contributed by atoms with van der Waals surface area (Å²) in [6.45, 7) is 2.04.